The van der Waals surface area contributed by atoms with Crippen LogP contribution in [0, 0.1) is 5.92 Å². The van der Waals surface area contributed by atoms with Gasteiger partial charge in [0.25, 0.3) is 0 Å². The van der Waals surface area contributed by atoms with Crippen LogP contribution in [0.2, 0.25) is 0 Å². The van der Waals surface area contributed by atoms with E-state index in [2.05, 4.69) is 236 Å². The first-order chi connectivity index (χ1) is 31.1. The van der Waals surface area contributed by atoms with Gasteiger partial charge in [0.1, 0.15) is 0 Å². The van der Waals surface area contributed by atoms with Gasteiger partial charge >= 0.3 is 0 Å². The van der Waals surface area contributed by atoms with Crippen molar-refractivity contribution < 1.29 is 0 Å². The highest BCUT2D eigenvalue weighted by atomic mass is 15.1. The maximum absolute atomic E-state index is 4.73. The van der Waals surface area contributed by atoms with E-state index in [1.807, 2.05) is 0 Å². The number of hydrogen-bond donors (Lipinski definition) is 0. The van der Waals surface area contributed by atoms with Gasteiger partial charge in [-0.25, -0.2) is 0 Å². The van der Waals surface area contributed by atoms with Gasteiger partial charge in [-0.1, -0.05) is 184 Å². The molecule has 0 saturated carbocycles. The molecule has 1 unspecified atom stereocenters. The molecule has 9 aromatic carbocycles. The lowest BCUT2D eigenvalue weighted by atomic mass is 9.86. The normalized spacial score (nSPS) is 14.9. The van der Waals surface area contributed by atoms with Gasteiger partial charge in [0.05, 0.1) is 11.0 Å². The van der Waals surface area contributed by atoms with E-state index < -0.39 is 0 Å². The summed E-state index contributed by atoms with van der Waals surface area (Å²) in [5.74, 6) is 0.418. The molecule has 0 aliphatic carbocycles. The molecule has 1 aliphatic heterocycles. The van der Waals surface area contributed by atoms with E-state index in [-0.39, 0.29) is 0 Å². The minimum Gasteiger partial charge on any atom is -0.337 e. The molecular weight excluding hydrogens is 761 g/mol. The highest BCUT2D eigenvalue weighted by Crippen LogP contribution is 2.45. The summed E-state index contributed by atoms with van der Waals surface area (Å²) in [4.78, 5) is 2.44. The van der Waals surface area contributed by atoms with Crippen molar-refractivity contribution in [1.29, 1.82) is 0 Å². The maximum Gasteiger partial charge on any atom is 0.0541 e. The Bertz CT molecular complexity index is 3310. The van der Waals surface area contributed by atoms with Crippen molar-refractivity contribution in [3.8, 4) is 39.1 Å². The Morgan fingerprint density at radius 3 is 1.54 bits per heavy atom. The van der Waals surface area contributed by atoms with E-state index in [4.69, 9.17) is 6.58 Å². The van der Waals surface area contributed by atoms with Crippen LogP contribution in [0.3, 0.4) is 0 Å². The zero-order valence-corrected chi connectivity index (χ0v) is 35.8. The lowest BCUT2D eigenvalue weighted by Crippen LogP contribution is -2.18. The van der Waals surface area contributed by atoms with Crippen LogP contribution >= 0.6 is 0 Å². The van der Waals surface area contributed by atoms with Crippen molar-refractivity contribution in [2.45, 2.75) is 20.3 Å². The van der Waals surface area contributed by atoms with Gasteiger partial charge in [-0.05, 0) is 127 Å². The summed E-state index contributed by atoms with van der Waals surface area (Å²) in [5.41, 5.74) is 16.7. The topological polar surface area (TPSA) is 8.17 Å². The first kappa shape index (κ1) is 38.3. The van der Waals surface area contributed by atoms with Crippen molar-refractivity contribution in [2.75, 3.05) is 11.4 Å². The molecule has 10 aromatic rings. The second-order valence-corrected chi connectivity index (χ2v) is 16.9. The van der Waals surface area contributed by atoms with Crippen LogP contribution in [0.1, 0.15) is 25.8 Å². The Hall–Kier alpha value is -7.68. The van der Waals surface area contributed by atoms with E-state index >= 15 is 0 Å². The molecule has 2 heterocycles. The van der Waals surface area contributed by atoms with Crippen molar-refractivity contribution in [3.63, 3.8) is 0 Å². The number of para-hydroxylation sites is 2. The van der Waals surface area contributed by atoms with E-state index in [0.29, 0.717) is 5.92 Å². The second kappa shape index (κ2) is 16.0. The molecule has 11 rings (SSSR count). The predicted octanol–water partition coefficient (Wildman–Crippen LogP) is 16.8. The fourth-order valence-electron chi connectivity index (χ4n) is 9.88. The van der Waals surface area contributed by atoms with Crippen LogP contribution in [0.4, 0.5) is 11.4 Å². The van der Waals surface area contributed by atoms with Gasteiger partial charge in [-0.3, -0.25) is 0 Å². The summed E-state index contributed by atoms with van der Waals surface area (Å²) in [5, 5.41) is 7.59. The molecule has 1 aliphatic rings. The van der Waals surface area contributed by atoms with Crippen molar-refractivity contribution in [1.82, 2.24) is 4.57 Å². The number of aromatic nitrogens is 1. The Morgan fingerprint density at radius 2 is 0.968 bits per heavy atom. The summed E-state index contributed by atoms with van der Waals surface area (Å²) in [6, 6.07) is 71.1. The van der Waals surface area contributed by atoms with Gasteiger partial charge in [0, 0.05) is 39.9 Å². The van der Waals surface area contributed by atoms with Gasteiger partial charge in [-0.2, -0.15) is 0 Å². The van der Waals surface area contributed by atoms with Gasteiger partial charge in [-0.15, -0.1) is 0 Å². The molecule has 2 heteroatoms. The maximum atomic E-state index is 4.73. The average molecular weight is 809 g/mol. The minimum atomic E-state index is 0.418. The van der Waals surface area contributed by atoms with Crippen LogP contribution in [-0.4, -0.2) is 11.1 Å². The van der Waals surface area contributed by atoms with Crippen LogP contribution in [-0.2, 0) is 0 Å². The molecule has 1 atom stereocenters. The Balaban J connectivity index is 0.999. The molecule has 2 nitrogen and oxygen atoms in total. The third kappa shape index (κ3) is 6.67. The Labute approximate surface area is 370 Å². The fraction of sp³-hybridized carbons (Fsp3) is 0.0820. The van der Waals surface area contributed by atoms with Gasteiger partial charge in [0.15, 0.2) is 0 Å². The summed E-state index contributed by atoms with van der Waals surface area (Å²) in [7, 11) is 0. The zero-order chi connectivity index (χ0) is 42.4. The summed E-state index contributed by atoms with van der Waals surface area (Å²) in [6.07, 6.45) is 8.00. The third-order valence-corrected chi connectivity index (χ3v) is 13.3. The Morgan fingerprint density at radius 1 is 0.492 bits per heavy atom. The quantitative estimate of drug-likeness (QED) is 0.146. The van der Waals surface area contributed by atoms with Crippen molar-refractivity contribution in [2.24, 2.45) is 5.92 Å². The number of nitrogens with zero attached hydrogens (tertiary/aromatic N) is 2. The zero-order valence-electron chi connectivity index (χ0n) is 35.8. The molecule has 1 aromatic heterocycles. The van der Waals surface area contributed by atoms with Gasteiger partial charge in [0.2, 0.25) is 0 Å². The number of anilines is 2. The number of rotatable bonds is 7. The van der Waals surface area contributed by atoms with Gasteiger partial charge < -0.3 is 9.47 Å². The molecule has 63 heavy (non-hydrogen) atoms. The smallest absolute Gasteiger partial charge is 0.0541 e. The highest BCUT2D eigenvalue weighted by molar-refractivity contribution is 6.21. The number of benzene rings is 9. The largest absolute Gasteiger partial charge is 0.337 e. The highest BCUT2D eigenvalue weighted by Gasteiger charge is 2.21. The number of allylic oxidation sites excluding steroid dienone is 4. The van der Waals surface area contributed by atoms with Crippen molar-refractivity contribution in [3.05, 3.63) is 230 Å². The summed E-state index contributed by atoms with van der Waals surface area (Å²) >= 11 is 0. The van der Waals surface area contributed by atoms with E-state index in [9.17, 15) is 0 Å². The molecule has 0 fully saturated rings. The minimum absolute atomic E-state index is 0.418. The van der Waals surface area contributed by atoms with Crippen LogP contribution in [0.25, 0.3) is 88.0 Å². The first-order valence-corrected chi connectivity index (χ1v) is 22.2. The fourth-order valence-corrected chi connectivity index (χ4v) is 9.88. The third-order valence-electron chi connectivity index (χ3n) is 13.3. The monoisotopic (exact) mass is 808 g/mol. The SMILES string of the molecule is C=C1/C=C(C(C)CC)\C=C/CN(c2ccc(-c3c4ccccc4c(-c4ccccc4)c4ccccc34)cc2)c2ccc(-c3ccc(-n4c5ccccc5c5ccccc54)cc3)cc21. The molecule has 0 radical (unpaired) electrons. The molecule has 0 saturated heterocycles. The summed E-state index contributed by atoms with van der Waals surface area (Å²) in [6.45, 7) is 10.0. The molecule has 0 spiro atoms. The van der Waals surface area contributed by atoms with E-state index in [1.54, 1.807) is 0 Å². The molecule has 0 bridgehead atoms. The Kier molecular flexibility index (Phi) is 9.70. The van der Waals surface area contributed by atoms with Crippen LogP contribution in [0.5, 0.6) is 0 Å². The standard InChI is InChI=1S/C61H48N2/c1-4-41(2)46-19-16-38-62(48-33-30-45(31-34-48)61-54-24-10-8-22-52(54)60(44-17-6-5-7-18-44)53-23-9-11-25-55(53)61)57-37-32-47(40-56(57)42(3)39-46)43-28-35-49(36-29-43)63-58-26-14-12-20-50(58)51-21-13-15-27-59(51)63/h5-37,39-41H,3-4,38H2,1-2H3/b19-16-,46-39+. The lowest BCUT2D eigenvalue weighted by molar-refractivity contribution is 0.670. The molecule has 0 amide bonds. The van der Waals surface area contributed by atoms with Crippen molar-refractivity contribution >= 4 is 60.3 Å². The first-order valence-electron chi connectivity index (χ1n) is 22.2. The van der Waals surface area contributed by atoms with E-state index in [1.165, 1.54) is 82.3 Å². The molecule has 0 N–H and O–H groups in total. The molecule has 302 valence electrons. The van der Waals surface area contributed by atoms with Crippen LogP contribution in [0.15, 0.2) is 225 Å². The second-order valence-electron chi connectivity index (χ2n) is 16.9. The average Bonchev–Trinajstić information content (AvgIpc) is 3.71. The lowest BCUT2D eigenvalue weighted by Gasteiger charge is -2.27. The summed E-state index contributed by atoms with van der Waals surface area (Å²) < 4.78 is 2.38. The van der Waals surface area contributed by atoms with E-state index in [0.717, 1.165) is 41.2 Å². The van der Waals surface area contributed by atoms with Crippen LogP contribution < -0.4 is 4.90 Å². The number of fused-ring (bicyclic) bond motifs is 6. The predicted molar refractivity (Wildman–Crippen MR) is 271 cm³/mol. The molecular formula is C61H48N2. The number of hydrogen-bond acceptors (Lipinski definition) is 1.